The van der Waals surface area contributed by atoms with E-state index in [0.29, 0.717) is 15.6 Å². The van der Waals surface area contributed by atoms with Crippen molar-refractivity contribution in [3.05, 3.63) is 33.8 Å². The first-order chi connectivity index (χ1) is 9.85. The second-order valence-electron chi connectivity index (χ2n) is 5.11. The first-order valence-corrected chi connectivity index (χ1v) is 7.15. The lowest BCUT2D eigenvalue weighted by Gasteiger charge is -2.35. The van der Waals surface area contributed by atoms with E-state index in [4.69, 9.17) is 37.4 Å². The molecular weight excluding hydrogens is 319 g/mol. The van der Waals surface area contributed by atoms with Crippen molar-refractivity contribution in [3.8, 4) is 0 Å². The van der Waals surface area contributed by atoms with Crippen LogP contribution in [0.4, 0.5) is 0 Å². The van der Waals surface area contributed by atoms with Gasteiger partial charge in [0.1, 0.15) is 23.9 Å². The van der Waals surface area contributed by atoms with Crippen molar-refractivity contribution >= 4 is 23.2 Å². The lowest BCUT2D eigenvalue weighted by atomic mass is 9.88. The fourth-order valence-electron chi connectivity index (χ4n) is 2.54. The molecule has 1 unspecified atom stereocenters. The second-order valence-corrected chi connectivity index (χ2v) is 5.92. The van der Waals surface area contributed by atoms with E-state index >= 15 is 0 Å². The molecule has 0 amide bonds. The molecule has 5 nitrogen and oxygen atoms in total. The topological polar surface area (TPSA) is 68.2 Å². The zero-order valence-corrected chi connectivity index (χ0v) is 13.4. The van der Waals surface area contributed by atoms with Crippen LogP contribution in [0.15, 0.2) is 18.2 Å². The van der Waals surface area contributed by atoms with Crippen molar-refractivity contribution in [2.45, 2.75) is 37.1 Å². The van der Waals surface area contributed by atoms with Gasteiger partial charge < -0.3 is 24.4 Å². The van der Waals surface area contributed by atoms with Crippen LogP contribution in [0.25, 0.3) is 0 Å². The molecule has 1 saturated heterocycles. The number of halogens is 2. The molecule has 2 rings (SSSR count). The molecule has 0 aliphatic carbocycles. The largest absolute Gasteiger partial charge is 0.385 e. The Morgan fingerprint density at radius 1 is 1.24 bits per heavy atom. The summed E-state index contributed by atoms with van der Waals surface area (Å²) >= 11 is 11.9. The second kappa shape index (κ2) is 6.38. The molecule has 0 aromatic heterocycles. The maximum Gasteiger partial charge on any atom is 0.184 e. The van der Waals surface area contributed by atoms with Crippen molar-refractivity contribution in [1.29, 1.82) is 0 Å². The van der Waals surface area contributed by atoms with Gasteiger partial charge in [-0.15, -0.1) is 0 Å². The summed E-state index contributed by atoms with van der Waals surface area (Å²) in [6.07, 6.45) is -3.83. The molecule has 7 heteroatoms. The van der Waals surface area contributed by atoms with Gasteiger partial charge in [0.25, 0.3) is 0 Å². The Labute approximate surface area is 133 Å². The van der Waals surface area contributed by atoms with Crippen LogP contribution < -0.4 is 0 Å². The van der Waals surface area contributed by atoms with Crippen molar-refractivity contribution in [1.82, 2.24) is 0 Å². The predicted octanol–water partition coefficient (Wildman–Crippen LogP) is 2.16. The lowest BCUT2D eigenvalue weighted by molar-refractivity contribution is -0.157. The van der Waals surface area contributed by atoms with E-state index in [1.807, 2.05) is 0 Å². The van der Waals surface area contributed by atoms with Gasteiger partial charge >= 0.3 is 0 Å². The highest BCUT2D eigenvalue weighted by Gasteiger charge is 2.56. The van der Waals surface area contributed by atoms with Crippen molar-refractivity contribution in [2.75, 3.05) is 14.2 Å². The fraction of sp³-hybridized carbons (Fsp3) is 0.571. The summed E-state index contributed by atoms with van der Waals surface area (Å²) in [4.78, 5) is 0. The Balaban J connectivity index is 2.38. The van der Waals surface area contributed by atoms with Crippen LogP contribution in [0, 0.1) is 0 Å². The number of hydrogen-bond donors (Lipinski definition) is 2. The molecule has 5 atom stereocenters. The van der Waals surface area contributed by atoms with Gasteiger partial charge in [-0.2, -0.15) is 0 Å². The number of aliphatic hydroxyl groups excluding tert-OH is 2. The first kappa shape index (κ1) is 17.0. The maximum atomic E-state index is 10.1. The predicted molar refractivity (Wildman–Crippen MR) is 78.5 cm³/mol. The molecule has 1 aliphatic heterocycles. The minimum atomic E-state index is -1.35. The van der Waals surface area contributed by atoms with Gasteiger partial charge in [0.15, 0.2) is 6.29 Å². The molecule has 1 aliphatic rings. The Morgan fingerprint density at radius 2 is 1.90 bits per heavy atom. The van der Waals surface area contributed by atoms with Gasteiger partial charge in [-0.05, 0) is 24.6 Å². The third kappa shape index (κ3) is 2.92. The SMILES string of the molecule is CO[C@H](c1ccc(Cl)c(Cl)c1)[C@H]1OC(O)[C@H](O)[C@]1(C)OC. The molecule has 2 N–H and O–H groups in total. The number of benzene rings is 1. The monoisotopic (exact) mass is 336 g/mol. The van der Waals surface area contributed by atoms with E-state index in [1.165, 1.54) is 14.2 Å². The minimum absolute atomic E-state index is 0.384. The van der Waals surface area contributed by atoms with E-state index in [1.54, 1.807) is 25.1 Å². The van der Waals surface area contributed by atoms with Crippen molar-refractivity contribution in [2.24, 2.45) is 0 Å². The quantitative estimate of drug-likeness (QED) is 0.881. The summed E-state index contributed by atoms with van der Waals surface area (Å²) in [5.74, 6) is 0. The van der Waals surface area contributed by atoms with Gasteiger partial charge in [-0.25, -0.2) is 0 Å². The standard InChI is InChI=1S/C14H18Cl2O5/c1-14(20-3)11(17)13(18)21-12(14)10(19-2)7-4-5-8(15)9(16)6-7/h4-6,10-13,17-18H,1-3H3/t10-,11+,12-,13?,14+/m1/s1. The minimum Gasteiger partial charge on any atom is -0.385 e. The third-order valence-corrected chi connectivity index (χ3v) is 4.69. The van der Waals surface area contributed by atoms with Crippen LogP contribution in [0.5, 0.6) is 0 Å². The van der Waals surface area contributed by atoms with Gasteiger partial charge in [-0.1, -0.05) is 29.3 Å². The molecule has 0 bridgehead atoms. The maximum absolute atomic E-state index is 10.1. The molecule has 1 aromatic carbocycles. The van der Waals surface area contributed by atoms with Crippen LogP contribution in [0.1, 0.15) is 18.6 Å². The summed E-state index contributed by atoms with van der Waals surface area (Å²) in [6.45, 7) is 1.65. The van der Waals surface area contributed by atoms with E-state index in [-0.39, 0.29) is 0 Å². The highest BCUT2D eigenvalue weighted by atomic mass is 35.5. The number of ether oxygens (including phenoxy) is 3. The van der Waals surface area contributed by atoms with Gasteiger partial charge in [0, 0.05) is 14.2 Å². The first-order valence-electron chi connectivity index (χ1n) is 6.39. The number of methoxy groups -OCH3 is 2. The third-order valence-electron chi connectivity index (χ3n) is 3.95. The summed E-state index contributed by atoms with van der Waals surface area (Å²) in [6, 6.07) is 5.06. The average molecular weight is 337 g/mol. The van der Waals surface area contributed by atoms with Crippen LogP contribution in [0.2, 0.25) is 10.0 Å². The van der Waals surface area contributed by atoms with Crippen LogP contribution >= 0.6 is 23.2 Å². The Bertz CT molecular complexity index is 512. The molecular formula is C14H18Cl2O5. The highest BCUT2D eigenvalue weighted by molar-refractivity contribution is 6.42. The Kier molecular flexibility index (Phi) is 5.15. The van der Waals surface area contributed by atoms with Crippen LogP contribution in [0.3, 0.4) is 0 Å². The van der Waals surface area contributed by atoms with E-state index in [0.717, 1.165) is 0 Å². The van der Waals surface area contributed by atoms with E-state index < -0.39 is 30.2 Å². The molecule has 21 heavy (non-hydrogen) atoms. The van der Waals surface area contributed by atoms with Gasteiger partial charge in [0.2, 0.25) is 0 Å². The Hall–Kier alpha value is -0.400. The van der Waals surface area contributed by atoms with Crippen molar-refractivity contribution < 1.29 is 24.4 Å². The van der Waals surface area contributed by atoms with E-state index in [2.05, 4.69) is 0 Å². The summed E-state index contributed by atoms with van der Waals surface area (Å²) < 4.78 is 16.3. The smallest absolute Gasteiger partial charge is 0.184 e. The summed E-state index contributed by atoms with van der Waals surface area (Å²) in [7, 11) is 2.95. The molecule has 1 heterocycles. The fourth-order valence-corrected chi connectivity index (χ4v) is 2.85. The summed E-state index contributed by atoms with van der Waals surface area (Å²) in [5.41, 5.74) is -0.409. The Morgan fingerprint density at radius 3 is 2.43 bits per heavy atom. The van der Waals surface area contributed by atoms with E-state index in [9.17, 15) is 10.2 Å². The average Bonchev–Trinajstić information content (AvgIpc) is 2.69. The number of hydrogen-bond acceptors (Lipinski definition) is 5. The molecule has 0 radical (unpaired) electrons. The van der Waals surface area contributed by atoms with Gasteiger partial charge in [0.05, 0.1) is 10.0 Å². The lowest BCUT2D eigenvalue weighted by Crippen LogP contribution is -2.49. The van der Waals surface area contributed by atoms with Crippen LogP contribution in [-0.4, -0.2) is 48.5 Å². The zero-order valence-electron chi connectivity index (χ0n) is 11.9. The normalized spacial score (nSPS) is 34.1. The molecule has 1 aromatic rings. The zero-order chi connectivity index (χ0) is 15.8. The molecule has 118 valence electrons. The van der Waals surface area contributed by atoms with Crippen molar-refractivity contribution in [3.63, 3.8) is 0 Å². The molecule has 0 spiro atoms. The van der Waals surface area contributed by atoms with Gasteiger partial charge in [-0.3, -0.25) is 0 Å². The summed E-state index contributed by atoms with van der Waals surface area (Å²) in [5, 5.41) is 20.7. The number of aliphatic hydroxyl groups is 2. The highest BCUT2D eigenvalue weighted by Crippen LogP contribution is 2.41. The molecule has 0 saturated carbocycles. The molecule has 1 fully saturated rings. The van der Waals surface area contributed by atoms with Crippen LogP contribution in [-0.2, 0) is 14.2 Å². The number of rotatable bonds is 4.